The molecule has 2 rings (SSSR count). The second kappa shape index (κ2) is 10.4. The minimum atomic E-state index is -0.582. The van der Waals surface area contributed by atoms with E-state index < -0.39 is 11.4 Å². The van der Waals surface area contributed by atoms with Gasteiger partial charge >= 0.3 is 5.97 Å². The third-order valence-corrected chi connectivity index (χ3v) is 5.56. The van der Waals surface area contributed by atoms with Gasteiger partial charge in [-0.15, -0.1) is 11.3 Å². The lowest BCUT2D eigenvalue weighted by Gasteiger charge is -2.17. The normalized spacial score (nSPS) is 11.0. The van der Waals surface area contributed by atoms with E-state index in [1.807, 2.05) is 52.0 Å². The maximum atomic E-state index is 12.4. The molecule has 0 unspecified atom stereocenters. The number of esters is 1. The third-order valence-electron chi connectivity index (χ3n) is 4.43. The number of hydrogen-bond donors (Lipinski definition) is 1. The molecule has 0 aliphatic rings. The van der Waals surface area contributed by atoms with Gasteiger partial charge < -0.3 is 19.7 Å². The Balaban J connectivity index is 1.90. The monoisotopic (exact) mass is 446 g/mol. The highest BCUT2D eigenvalue weighted by Gasteiger charge is 2.23. The second-order valence-corrected chi connectivity index (χ2v) is 9.28. The van der Waals surface area contributed by atoms with Gasteiger partial charge in [0.25, 0.3) is 5.91 Å². The van der Waals surface area contributed by atoms with Crippen LogP contribution in [-0.4, -0.2) is 42.9 Å². The van der Waals surface area contributed by atoms with Crippen LogP contribution in [0.5, 0.6) is 5.75 Å². The van der Waals surface area contributed by atoms with Gasteiger partial charge in [-0.3, -0.25) is 9.59 Å². The average molecular weight is 447 g/mol. The molecule has 0 bridgehead atoms. The van der Waals surface area contributed by atoms with Gasteiger partial charge in [0, 0.05) is 19.0 Å². The first kappa shape index (κ1) is 24.4. The molecule has 0 aliphatic heterocycles. The first-order valence-corrected chi connectivity index (χ1v) is 10.9. The Labute approximate surface area is 187 Å². The van der Waals surface area contributed by atoms with Crippen LogP contribution in [0, 0.1) is 12.3 Å². The van der Waals surface area contributed by atoms with Gasteiger partial charge in [-0.25, -0.2) is 4.79 Å². The third kappa shape index (κ3) is 7.10. The number of amides is 2. The number of aryl methyl sites for hydroxylation is 1. The van der Waals surface area contributed by atoms with Crippen LogP contribution in [-0.2, 0) is 20.9 Å². The molecule has 0 fully saturated rings. The molecule has 0 aliphatic carbocycles. The van der Waals surface area contributed by atoms with Crippen LogP contribution in [0.3, 0.4) is 0 Å². The largest absolute Gasteiger partial charge is 0.494 e. The van der Waals surface area contributed by atoms with Gasteiger partial charge in [0.2, 0.25) is 5.91 Å². The average Bonchev–Trinajstić information content (AvgIpc) is 3.06. The number of carbonyl (C=O) groups is 3. The summed E-state index contributed by atoms with van der Waals surface area (Å²) in [6, 6.07) is 9.22. The number of thiophene rings is 1. The van der Waals surface area contributed by atoms with Crippen molar-refractivity contribution in [1.29, 1.82) is 0 Å². The van der Waals surface area contributed by atoms with Gasteiger partial charge in [0.15, 0.2) is 6.61 Å². The van der Waals surface area contributed by atoms with Crippen molar-refractivity contribution in [2.75, 3.05) is 25.6 Å². The summed E-state index contributed by atoms with van der Waals surface area (Å²) in [5.41, 5.74) is 1.09. The molecule has 2 aromatic rings. The summed E-state index contributed by atoms with van der Waals surface area (Å²) >= 11 is 1.14. The summed E-state index contributed by atoms with van der Waals surface area (Å²) < 4.78 is 10.6. The smallest absolute Gasteiger partial charge is 0.349 e. The summed E-state index contributed by atoms with van der Waals surface area (Å²) in [6.45, 7) is 9.75. The molecule has 168 valence electrons. The van der Waals surface area contributed by atoms with Crippen LogP contribution in [0.1, 0.15) is 48.5 Å². The van der Waals surface area contributed by atoms with E-state index in [0.29, 0.717) is 28.6 Å². The number of hydrogen-bond acceptors (Lipinski definition) is 6. The molecule has 0 radical (unpaired) electrons. The molecule has 0 saturated carbocycles. The van der Waals surface area contributed by atoms with Gasteiger partial charge in [0.1, 0.15) is 10.6 Å². The zero-order valence-electron chi connectivity index (χ0n) is 18.9. The van der Waals surface area contributed by atoms with Crippen molar-refractivity contribution in [2.45, 2.75) is 41.2 Å². The fourth-order valence-corrected chi connectivity index (χ4v) is 3.53. The molecule has 2 amide bonds. The molecule has 1 aromatic carbocycles. The van der Waals surface area contributed by atoms with E-state index in [1.54, 1.807) is 20.0 Å². The summed E-state index contributed by atoms with van der Waals surface area (Å²) in [7, 11) is 1.66. The van der Waals surface area contributed by atoms with E-state index >= 15 is 0 Å². The van der Waals surface area contributed by atoms with Gasteiger partial charge in [0.05, 0.1) is 11.6 Å². The van der Waals surface area contributed by atoms with E-state index in [0.717, 1.165) is 22.6 Å². The topological polar surface area (TPSA) is 84.9 Å². The number of carbonyl (C=O) groups excluding carboxylic acids is 3. The molecule has 1 N–H and O–H groups in total. The lowest BCUT2D eigenvalue weighted by molar-refractivity contribution is -0.133. The van der Waals surface area contributed by atoms with Crippen molar-refractivity contribution in [3.63, 3.8) is 0 Å². The van der Waals surface area contributed by atoms with Crippen molar-refractivity contribution in [2.24, 2.45) is 5.41 Å². The molecule has 31 heavy (non-hydrogen) atoms. The summed E-state index contributed by atoms with van der Waals surface area (Å²) in [4.78, 5) is 38.8. The van der Waals surface area contributed by atoms with Crippen molar-refractivity contribution < 1.29 is 23.9 Å². The maximum absolute atomic E-state index is 12.4. The molecule has 1 heterocycles. The number of ether oxygens (including phenoxy) is 2. The Kier molecular flexibility index (Phi) is 8.21. The quantitative estimate of drug-likeness (QED) is 0.613. The lowest BCUT2D eigenvalue weighted by atomic mass is 9.96. The molecule has 7 nitrogen and oxygen atoms in total. The zero-order chi connectivity index (χ0) is 23.2. The standard InChI is InChI=1S/C23H30N2O5S/c1-7-29-17-10-8-16(9-11-17)13-25(6)19(26)14-30-21(27)20-15(2)12-18(31-20)24-22(28)23(3,4)5/h8-12H,7,13-14H2,1-6H3,(H,24,28). The zero-order valence-corrected chi connectivity index (χ0v) is 19.7. The Morgan fingerprint density at radius 3 is 2.35 bits per heavy atom. The fraction of sp³-hybridized carbons (Fsp3) is 0.435. The Hall–Kier alpha value is -2.87. The first-order chi connectivity index (χ1) is 14.5. The first-order valence-electron chi connectivity index (χ1n) is 10.1. The minimum absolute atomic E-state index is 0.139. The van der Waals surface area contributed by atoms with E-state index in [1.165, 1.54) is 4.90 Å². The Morgan fingerprint density at radius 1 is 1.13 bits per heavy atom. The van der Waals surface area contributed by atoms with E-state index in [9.17, 15) is 14.4 Å². The van der Waals surface area contributed by atoms with Crippen molar-refractivity contribution in [1.82, 2.24) is 4.90 Å². The number of nitrogens with zero attached hydrogens (tertiary/aromatic N) is 1. The van der Waals surface area contributed by atoms with Crippen LogP contribution in [0.4, 0.5) is 5.00 Å². The van der Waals surface area contributed by atoms with Crippen LogP contribution >= 0.6 is 11.3 Å². The predicted molar refractivity (Wildman–Crippen MR) is 122 cm³/mol. The highest BCUT2D eigenvalue weighted by Crippen LogP contribution is 2.29. The molecule has 8 heteroatoms. The van der Waals surface area contributed by atoms with Crippen molar-refractivity contribution >= 4 is 34.1 Å². The van der Waals surface area contributed by atoms with E-state index in [-0.39, 0.29) is 18.4 Å². The molecular weight excluding hydrogens is 416 g/mol. The number of rotatable bonds is 8. The number of nitrogens with one attached hydrogen (secondary N) is 1. The maximum Gasteiger partial charge on any atom is 0.349 e. The van der Waals surface area contributed by atoms with Crippen LogP contribution in [0.2, 0.25) is 0 Å². The van der Waals surface area contributed by atoms with Gasteiger partial charge in [-0.05, 0) is 43.2 Å². The van der Waals surface area contributed by atoms with Crippen molar-refractivity contribution in [3.05, 3.63) is 46.3 Å². The van der Waals surface area contributed by atoms with E-state index in [2.05, 4.69) is 5.32 Å². The summed E-state index contributed by atoms with van der Waals surface area (Å²) in [5.74, 6) is -0.252. The second-order valence-electron chi connectivity index (χ2n) is 8.23. The van der Waals surface area contributed by atoms with Crippen LogP contribution in [0.25, 0.3) is 0 Å². The number of anilines is 1. The summed E-state index contributed by atoms with van der Waals surface area (Å²) in [5, 5.41) is 3.38. The highest BCUT2D eigenvalue weighted by molar-refractivity contribution is 7.18. The Morgan fingerprint density at radius 2 is 1.77 bits per heavy atom. The highest BCUT2D eigenvalue weighted by atomic mass is 32.1. The van der Waals surface area contributed by atoms with E-state index in [4.69, 9.17) is 9.47 Å². The SMILES string of the molecule is CCOc1ccc(CN(C)C(=O)COC(=O)c2sc(NC(=O)C(C)(C)C)cc2C)cc1. The Bertz CT molecular complexity index is 928. The number of likely N-dealkylation sites (N-methyl/N-ethyl adjacent to an activating group) is 1. The molecular formula is C23H30N2O5S. The van der Waals surface area contributed by atoms with Gasteiger partial charge in [-0.2, -0.15) is 0 Å². The van der Waals surface area contributed by atoms with Crippen molar-refractivity contribution in [3.8, 4) is 5.75 Å². The van der Waals surface area contributed by atoms with Crippen LogP contribution < -0.4 is 10.1 Å². The fourth-order valence-electron chi connectivity index (χ4n) is 2.57. The number of benzene rings is 1. The molecule has 1 aromatic heterocycles. The molecule has 0 spiro atoms. The minimum Gasteiger partial charge on any atom is -0.494 e. The molecule has 0 atom stereocenters. The predicted octanol–water partition coefficient (Wildman–Crippen LogP) is 4.26. The summed E-state index contributed by atoms with van der Waals surface area (Å²) in [6.07, 6.45) is 0. The van der Waals surface area contributed by atoms with Crippen LogP contribution in [0.15, 0.2) is 30.3 Å². The lowest BCUT2D eigenvalue weighted by Crippen LogP contribution is -2.30. The van der Waals surface area contributed by atoms with Gasteiger partial charge in [-0.1, -0.05) is 32.9 Å². The molecule has 0 saturated heterocycles.